The SMILES string of the molecule is Cc1cc(Nc2cc(C)nc(Oc3ccc(NC(=O)Nc4ccc(Cl)c(Cl)c4)cc3C)n2)[nH]n1. The van der Waals surface area contributed by atoms with Gasteiger partial charge in [0.1, 0.15) is 17.4 Å². The Morgan fingerprint density at radius 3 is 2.29 bits per heavy atom. The number of nitrogens with zero attached hydrogens (tertiary/aromatic N) is 3. The van der Waals surface area contributed by atoms with Crippen LogP contribution in [0.5, 0.6) is 11.8 Å². The first-order valence-electron chi connectivity index (χ1n) is 10.2. The van der Waals surface area contributed by atoms with E-state index in [0.717, 1.165) is 17.0 Å². The number of benzene rings is 2. The van der Waals surface area contributed by atoms with Gasteiger partial charge in [-0.1, -0.05) is 23.2 Å². The van der Waals surface area contributed by atoms with Gasteiger partial charge in [-0.2, -0.15) is 10.1 Å². The van der Waals surface area contributed by atoms with Crippen LogP contribution in [0.1, 0.15) is 17.0 Å². The maximum absolute atomic E-state index is 12.3. The number of aromatic nitrogens is 4. The van der Waals surface area contributed by atoms with Crippen LogP contribution in [-0.2, 0) is 0 Å². The molecule has 0 unspecified atom stereocenters. The Labute approximate surface area is 205 Å². The third-order valence-corrected chi connectivity index (χ3v) is 5.35. The molecule has 0 aliphatic heterocycles. The summed E-state index contributed by atoms with van der Waals surface area (Å²) in [6.07, 6.45) is 0. The van der Waals surface area contributed by atoms with Crippen molar-refractivity contribution < 1.29 is 9.53 Å². The van der Waals surface area contributed by atoms with Crippen LogP contribution < -0.4 is 20.7 Å². The fourth-order valence-electron chi connectivity index (χ4n) is 3.08. The summed E-state index contributed by atoms with van der Waals surface area (Å²) in [5.74, 6) is 1.85. The van der Waals surface area contributed by atoms with Crippen LogP contribution in [0.3, 0.4) is 0 Å². The van der Waals surface area contributed by atoms with Gasteiger partial charge in [-0.3, -0.25) is 5.10 Å². The maximum Gasteiger partial charge on any atom is 0.324 e. The van der Waals surface area contributed by atoms with Gasteiger partial charge in [0, 0.05) is 29.2 Å². The normalized spacial score (nSPS) is 10.6. The summed E-state index contributed by atoms with van der Waals surface area (Å²) in [6.45, 7) is 5.60. The van der Waals surface area contributed by atoms with Gasteiger partial charge >= 0.3 is 12.0 Å². The molecule has 174 valence electrons. The smallest absolute Gasteiger partial charge is 0.324 e. The van der Waals surface area contributed by atoms with Crippen LogP contribution in [0, 0.1) is 20.8 Å². The molecular formula is C23H21Cl2N7O2. The number of hydrogen-bond donors (Lipinski definition) is 4. The monoisotopic (exact) mass is 497 g/mol. The number of carbonyl (C=O) groups excluding carboxylic acids is 1. The summed E-state index contributed by atoms with van der Waals surface area (Å²) in [6, 6.07) is 13.5. The van der Waals surface area contributed by atoms with E-state index < -0.39 is 6.03 Å². The summed E-state index contributed by atoms with van der Waals surface area (Å²) in [7, 11) is 0. The summed E-state index contributed by atoms with van der Waals surface area (Å²) in [5.41, 5.74) is 3.49. The molecule has 0 fully saturated rings. The van der Waals surface area contributed by atoms with E-state index in [4.69, 9.17) is 27.9 Å². The highest BCUT2D eigenvalue weighted by molar-refractivity contribution is 6.42. The molecule has 2 aromatic carbocycles. The molecular weight excluding hydrogens is 477 g/mol. The molecule has 9 nitrogen and oxygen atoms in total. The van der Waals surface area contributed by atoms with E-state index in [9.17, 15) is 4.79 Å². The Bertz CT molecular complexity index is 1360. The molecule has 0 spiro atoms. The average Bonchev–Trinajstić information content (AvgIpc) is 3.17. The highest BCUT2D eigenvalue weighted by Crippen LogP contribution is 2.28. The lowest BCUT2D eigenvalue weighted by molar-refractivity contribution is 0.262. The van der Waals surface area contributed by atoms with Gasteiger partial charge in [-0.05, 0) is 62.7 Å². The first kappa shape index (κ1) is 23.3. The summed E-state index contributed by atoms with van der Waals surface area (Å²) >= 11 is 11.9. The Kier molecular flexibility index (Phi) is 6.85. The number of urea groups is 1. The highest BCUT2D eigenvalue weighted by Gasteiger charge is 2.10. The quantitative estimate of drug-likeness (QED) is 0.238. The molecule has 2 amide bonds. The van der Waals surface area contributed by atoms with E-state index in [1.807, 2.05) is 26.8 Å². The molecule has 0 aliphatic rings. The average molecular weight is 498 g/mol. The zero-order chi connectivity index (χ0) is 24.2. The minimum absolute atomic E-state index is 0.194. The van der Waals surface area contributed by atoms with Crippen molar-refractivity contribution in [2.45, 2.75) is 20.8 Å². The van der Waals surface area contributed by atoms with E-state index in [0.29, 0.717) is 38.8 Å². The van der Waals surface area contributed by atoms with Crippen LogP contribution in [0.25, 0.3) is 0 Å². The standard InChI is InChI=1S/C23H21Cl2N7O2/c1-12-8-15(27-22(33)28-16-4-6-17(24)18(25)11-16)5-7-19(12)34-23-26-13(2)9-20(30-23)29-21-10-14(3)31-32-21/h4-11H,1-3H3,(H2,27,28,33)(H2,26,29,30,31,32). The fourth-order valence-corrected chi connectivity index (χ4v) is 3.38. The molecule has 0 radical (unpaired) electrons. The predicted molar refractivity (Wildman–Crippen MR) is 134 cm³/mol. The molecule has 34 heavy (non-hydrogen) atoms. The lowest BCUT2D eigenvalue weighted by atomic mass is 10.2. The fraction of sp³-hybridized carbons (Fsp3) is 0.130. The molecule has 0 aliphatic carbocycles. The third kappa shape index (κ3) is 5.94. The third-order valence-electron chi connectivity index (χ3n) is 4.61. The molecule has 0 saturated carbocycles. The molecule has 4 rings (SSSR count). The molecule has 4 aromatic rings. The molecule has 0 bridgehead atoms. The Hall–Kier alpha value is -3.82. The number of ether oxygens (including phenoxy) is 1. The number of nitrogens with one attached hydrogen (secondary N) is 4. The number of amides is 2. The number of anilines is 4. The largest absolute Gasteiger partial charge is 0.424 e. The van der Waals surface area contributed by atoms with Gasteiger partial charge in [-0.15, -0.1) is 0 Å². The number of hydrogen-bond acceptors (Lipinski definition) is 6. The van der Waals surface area contributed by atoms with Gasteiger partial charge in [0.05, 0.1) is 15.7 Å². The van der Waals surface area contributed by atoms with Crippen molar-refractivity contribution >= 4 is 52.2 Å². The first-order chi connectivity index (χ1) is 16.2. The van der Waals surface area contributed by atoms with E-state index >= 15 is 0 Å². The van der Waals surface area contributed by atoms with E-state index in [1.165, 1.54) is 0 Å². The second kappa shape index (κ2) is 9.98. The van der Waals surface area contributed by atoms with Crippen LogP contribution in [0.2, 0.25) is 10.0 Å². The number of carbonyl (C=O) groups is 1. The van der Waals surface area contributed by atoms with Crippen molar-refractivity contribution in [3.05, 3.63) is 75.5 Å². The number of H-pyrrole nitrogens is 1. The molecule has 2 aromatic heterocycles. The van der Waals surface area contributed by atoms with Gasteiger partial charge in [0.2, 0.25) is 0 Å². The zero-order valence-corrected chi connectivity index (χ0v) is 20.0. The highest BCUT2D eigenvalue weighted by atomic mass is 35.5. The van der Waals surface area contributed by atoms with E-state index in [-0.39, 0.29) is 6.01 Å². The maximum atomic E-state index is 12.3. The minimum Gasteiger partial charge on any atom is -0.424 e. The molecule has 4 N–H and O–H groups in total. The Morgan fingerprint density at radius 1 is 0.882 bits per heavy atom. The van der Waals surface area contributed by atoms with Crippen LogP contribution in [0.4, 0.5) is 27.8 Å². The Morgan fingerprint density at radius 2 is 1.62 bits per heavy atom. The Balaban J connectivity index is 1.43. The second-order valence-corrected chi connectivity index (χ2v) is 8.33. The van der Waals surface area contributed by atoms with Gasteiger partial charge in [0.15, 0.2) is 0 Å². The summed E-state index contributed by atoms with van der Waals surface area (Å²) < 4.78 is 5.91. The minimum atomic E-state index is -0.418. The number of aryl methyl sites for hydroxylation is 3. The predicted octanol–water partition coefficient (Wildman–Crippen LogP) is 6.61. The van der Waals surface area contributed by atoms with Crippen molar-refractivity contribution in [2.24, 2.45) is 0 Å². The molecule has 0 atom stereocenters. The van der Waals surface area contributed by atoms with Crippen LogP contribution >= 0.6 is 23.2 Å². The van der Waals surface area contributed by atoms with Gasteiger partial charge in [-0.25, -0.2) is 9.78 Å². The number of aromatic amines is 1. The molecule has 2 heterocycles. The van der Waals surface area contributed by atoms with E-state index in [1.54, 1.807) is 42.5 Å². The number of rotatable bonds is 6. The van der Waals surface area contributed by atoms with Crippen LogP contribution in [0.15, 0.2) is 48.5 Å². The van der Waals surface area contributed by atoms with Gasteiger partial charge in [0.25, 0.3) is 0 Å². The van der Waals surface area contributed by atoms with E-state index in [2.05, 4.69) is 36.1 Å². The summed E-state index contributed by atoms with van der Waals surface area (Å²) in [4.78, 5) is 21.1. The van der Waals surface area contributed by atoms with Gasteiger partial charge < -0.3 is 20.7 Å². The van der Waals surface area contributed by atoms with Crippen LogP contribution in [-0.4, -0.2) is 26.2 Å². The lowest BCUT2D eigenvalue weighted by Gasteiger charge is -2.12. The first-order valence-corrected chi connectivity index (χ1v) is 11.0. The second-order valence-electron chi connectivity index (χ2n) is 7.52. The van der Waals surface area contributed by atoms with Crippen molar-refractivity contribution in [1.29, 1.82) is 0 Å². The van der Waals surface area contributed by atoms with Crippen molar-refractivity contribution in [2.75, 3.05) is 16.0 Å². The topological polar surface area (TPSA) is 117 Å². The lowest BCUT2D eigenvalue weighted by Crippen LogP contribution is -2.19. The van der Waals surface area contributed by atoms with Crippen molar-refractivity contribution in [1.82, 2.24) is 20.2 Å². The van der Waals surface area contributed by atoms with Crippen molar-refractivity contribution in [3.63, 3.8) is 0 Å². The zero-order valence-electron chi connectivity index (χ0n) is 18.5. The van der Waals surface area contributed by atoms with Crippen molar-refractivity contribution in [3.8, 4) is 11.8 Å². The molecule has 11 heteroatoms. The number of halogens is 2. The molecule has 0 saturated heterocycles. The summed E-state index contributed by atoms with van der Waals surface area (Å²) in [5, 5.41) is 16.4.